The van der Waals surface area contributed by atoms with Crippen molar-refractivity contribution in [1.82, 2.24) is 15.3 Å². The summed E-state index contributed by atoms with van der Waals surface area (Å²) in [4.78, 5) is 21.5. The summed E-state index contributed by atoms with van der Waals surface area (Å²) in [6.45, 7) is 2.52. The van der Waals surface area contributed by atoms with E-state index in [-0.39, 0.29) is 5.91 Å². The molecule has 0 saturated heterocycles. The second-order valence-electron chi connectivity index (χ2n) is 3.99. The van der Waals surface area contributed by atoms with E-state index in [1.165, 1.54) is 11.3 Å². The molecule has 2 heterocycles. The predicted molar refractivity (Wildman–Crippen MR) is 76.4 cm³/mol. The Labute approximate surface area is 116 Å². The van der Waals surface area contributed by atoms with Crippen LogP contribution in [0.25, 0.3) is 0 Å². The highest BCUT2D eigenvalue weighted by molar-refractivity contribution is 7.09. The number of carbonyl (C=O) groups excluding carboxylic acids is 1. The second-order valence-corrected chi connectivity index (χ2v) is 4.96. The second kappa shape index (κ2) is 6.29. The van der Waals surface area contributed by atoms with Crippen molar-refractivity contribution in [3.8, 4) is 0 Å². The number of nitrogens with zero attached hydrogens (tertiary/aromatic N) is 2. The molecule has 0 unspecified atom stereocenters. The van der Waals surface area contributed by atoms with Crippen LogP contribution < -0.4 is 10.6 Å². The minimum Gasteiger partial charge on any atom is -0.373 e. The molecule has 2 aromatic rings. The summed E-state index contributed by atoms with van der Waals surface area (Å²) in [5.74, 6) is 0.615. The maximum atomic E-state index is 12.1. The SMILES string of the molecule is CCc1cc(C(=O)NCc2cncs2)cc(NC)n1. The highest BCUT2D eigenvalue weighted by Gasteiger charge is 2.09. The van der Waals surface area contributed by atoms with Gasteiger partial charge in [-0.15, -0.1) is 11.3 Å². The summed E-state index contributed by atoms with van der Waals surface area (Å²) < 4.78 is 0. The van der Waals surface area contributed by atoms with Crippen LogP contribution in [-0.4, -0.2) is 22.9 Å². The first-order valence-corrected chi connectivity index (χ1v) is 6.95. The molecule has 0 saturated carbocycles. The van der Waals surface area contributed by atoms with Gasteiger partial charge in [0.2, 0.25) is 0 Å². The average Bonchev–Trinajstić information content (AvgIpc) is 2.97. The molecule has 19 heavy (non-hydrogen) atoms. The maximum Gasteiger partial charge on any atom is 0.251 e. The molecule has 0 aromatic carbocycles. The molecule has 2 rings (SSSR count). The van der Waals surface area contributed by atoms with Gasteiger partial charge in [-0.05, 0) is 18.6 Å². The number of carbonyl (C=O) groups is 1. The van der Waals surface area contributed by atoms with Crippen molar-refractivity contribution in [2.24, 2.45) is 0 Å². The van der Waals surface area contributed by atoms with Crippen LogP contribution in [-0.2, 0) is 13.0 Å². The first-order valence-electron chi connectivity index (χ1n) is 6.07. The normalized spacial score (nSPS) is 10.2. The van der Waals surface area contributed by atoms with Gasteiger partial charge >= 0.3 is 0 Å². The lowest BCUT2D eigenvalue weighted by Crippen LogP contribution is -2.22. The van der Waals surface area contributed by atoms with Gasteiger partial charge < -0.3 is 10.6 Å². The van der Waals surface area contributed by atoms with Crippen LogP contribution >= 0.6 is 11.3 Å². The lowest BCUT2D eigenvalue weighted by molar-refractivity contribution is 0.0951. The standard InChI is InChI=1S/C13H16N4OS/c1-3-10-4-9(5-12(14-2)17-10)13(18)16-7-11-6-15-8-19-11/h4-6,8H,3,7H2,1-2H3,(H,14,17)(H,16,18). The Morgan fingerprint density at radius 2 is 2.26 bits per heavy atom. The lowest BCUT2D eigenvalue weighted by Gasteiger charge is -2.08. The van der Waals surface area contributed by atoms with Crippen molar-refractivity contribution in [2.75, 3.05) is 12.4 Å². The van der Waals surface area contributed by atoms with Crippen LogP contribution in [0, 0.1) is 0 Å². The molecule has 6 heteroatoms. The molecule has 0 atom stereocenters. The molecule has 2 N–H and O–H groups in total. The molecule has 1 amide bonds. The Balaban J connectivity index is 2.09. The van der Waals surface area contributed by atoms with E-state index in [1.54, 1.807) is 24.8 Å². The van der Waals surface area contributed by atoms with Crippen LogP contribution in [0.4, 0.5) is 5.82 Å². The van der Waals surface area contributed by atoms with Crippen LogP contribution in [0.2, 0.25) is 0 Å². The summed E-state index contributed by atoms with van der Waals surface area (Å²) in [6, 6.07) is 3.57. The van der Waals surface area contributed by atoms with E-state index in [4.69, 9.17) is 0 Å². The number of nitrogens with one attached hydrogen (secondary N) is 2. The van der Waals surface area contributed by atoms with Crippen LogP contribution in [0.15, 0.2) is 23.8 Å². The smallest absolute Gasteiger partial charge is 0.251 e. The Morgan fingerprint density at radius 1 is 1.42 bits per heavy atom. The fraction of sp³-hybridized carbons (Fsp3) is 0.308. The molecule has 0 bridgehead atoms. The molecule has 2 aromatic heterocycles. The lowest BCUT2D eigenvalue weighted by atomic mass is 10.2. The number of rotatable bonds is 5. The molecule has 0 spiro atoms. The summed E-state index contributed by atoms with van der Waals surface area (Å²) in [5, 5.41) is 5.85. The molecule has 0 aliphatic carbocycles. The van der Waals surface area contributed by atoms with E-state index < -0.39 is 0 Å². The highest BCUT2D eigenvalue weighted by Crippen LogP contribution is 2.11. The zero-order chi connectivity index (χ0) is 13.7. The third-order valence-corrected chi connectivity index (χ3v) is 3.45. The molecule has 0 aliphatic rings. The maximum absolute atomic E-state index is 12.1. The van der Waals surface area contributed by atoms with E-state index in [0.29, 0.717) is 17.9 Å². The number of aromatic nitrogens is 2. The van der Waals surface area contributed by atoms with E-state index in [1.807, 2.05) is 13.0 Å². The minimum atomic E-state index is -0.0954. The number of aryl methyl sites for hydroxylation is 1. The molecular formula is C13H16N4OS. The fourth-order valence-electron chi connectivity index (χ4n) is 1.63. The molecule has 0 radical (unpaired) electrons. The third-order valence-electron chi connectivity index (χ3n) is 2.67. The minimum absolute atomic E-state index is 0.0954. The van der Waals surface area contributed by atoms with Gasteiger partial charge in [0.25, 0.3) is 5.91 Å². The molecule has 100 valence electrons. The van der Waals surface area contributed by atoms with Crippen LogP contribution in [0.5, 0.6) is 0 Å². The number of anilines is 1. The zero-order valence-electron chi connectivity index (χ0n) is 10.9. The molecule has 5 nitrogen and oxygen atoms in total. The van der Waals surface area contributed by atoms with E-state index in [0.717, 1.165) is 17.0 Å². The van der Waals surface area contributed by atoms with Gasteiger partial charge in [0.05, 0.1) is 12.1 Å². The van der Waals surface area contributed by atoms with Crippen molar-refractivity contribution in [3.05, 3.63) is 40.0 Å². The van der Waals surface area contributed by atoms with Crippen LogP contribution in [0.3, 0.4) is 0 Å². The Kier molecular flexibility index (Phi) is 4.46. The molecular weight excluding hydrogens is 260 g/mol. The zero-order valence-corrected chi connectivity index (χ0v) is 11.8. The summed E-state index contributed by atoms with van der Waals surface area (Å²) in [7, 11) is 1.79. The monoisotopic (exact) mass is 276 g/mol. The summed E-state index contributed by atoms with van der Waals surface area (Å²) in [6.07, 6.45) is 2.55. The fourth-order valence-corrected chi connectivity index (χ4v) is 2.16. The van der Waals surface area contributed by atoms with Gasteiger partial charge in [0.15, 0.2) is 0 Å². The number of amides is 1. The Morgan fingerprint density at radius 3 is 2.89 bits per heavy atom. The number of pyridine rings is 1. The third kappa shape index (κ3) is 3.51. The van der Waals surface area contributed by atoms with Crippen molar-refractivity contribution in [1.29, 1.82) is 0 Å². The first-order chi connectivity index (χ1) is 9.22. The average molecular weight is 276 g/mol. The van der Waals surface area contributed by atoms with Crippen LogP contribution in [0.1, 0.15) is 27.9 Å². The van der Waals surface area contributed by atoms with Crippen molar-refractivity contribution in [2.45, 2.75) is 19.9 Å². The van der Waals surface area contributed by atoms with Gasteiger partial charge in [0, 0.05) is 29.4 Å². The molecule has 0 aliphatic heterocycles. The van der Waals surface area contributed by atoms with Crippen molar-refractivity contribution < 1.29 is 4.79 Å². The van der Waals surface area contributed by atoms with Gasteiger partial charge in [-0.2, -0.15) is 0 Å². The van der Waals surface area contributed by atoms with Gasteiger partial charge in [0.1, 0.15) is 5.82 Å². The summed E-state index contributed by atoms with van der Waals surface area (Å²) in [5.41, 5.74) is 3.28. The summed E-state index contributed by atoms with van der Waals surface area (Å²) >= 11 is 1.52. The largest absolute Gasteiger partial charge is 0.373 e. The van der Waals surface area contributed by atoms with E-state index in [2.05, 4.69) is 20.6 Å². The quantitative estimate of drug-likeness (QED) is 0.877. The Hall–Kier alpha value is -1.95. The first kappa shape index (κ1) is 13.5. The van der Waals surface area contributed by atoms with Crippen molar-refractivity contribution >= 4 is 23.1 Å². The van der Waals surface area contributed by atoms with Gasteiger partial charge in [-0.1, -0.05) is 6.92 Å². The number of hydrogen-bond donors (Lipinski definition) is 2. The van der Waals surface area contributed by atoms with Gasteiger partial charge in [-0.25, -0.2) is 4.98 Å². The van der Waals surface area contributed by atoms with E-state index in [9.17, 15) is 4.79 Å². The van der Waals surface area contributed by atoms with E-state index >= 15 is 0 Å². The highest BCUT2D eigenvalue weighted by atomic mass is 32.1. The molecule has 0 fully saturated rings. The topological polar surface area (TPSA) is 66.9 Å². The predicted octanol–water partition coefficient (Wildman–Crippen LogP) is 2.07. The Bertz CT molecular complexity index is 532. The van der Waals surface area contributed by atoms with Crippen molar-refractivity contribution in [3.63, 3.8) is 0 Å². The van der Waals surface area contributed by atoms with Gasteiger partial charge in [-0.3, -0.25) is 9.78 Å². The number of thiazole rings is 1. The number of hydrogen-bond acceptors (Lipinski definition) is 5.